The molecular formula is C63H87N7O13. The summed E-state index contributed by atoms with van der Waals surface area (Å²) in [7, 11) is 1.48. The Bertz CT molecular complexity index is 2840. The van der Waals surface area contributed by atoms with Crippen molar-refractivity contribution in [3.05, 3.63) is 82.4 Å². The molecule has 4 bridgehead atoms. The standard InChI is InChI=1S/C63H87N7O13/c1-12-14-15-16-17-19-42-21-24-46(40(3)33-42)51(72)38-45(27-29-64-60(78)82-62(5,6)7)58(76)69(11)56-44-23-26-54(80-31-13-2)48(37-44)47-35-43(22-25-53(47)81-32-30-65-61(79)83-63(8,9)10)36-49(67-57(75)41(4)34-52(56)73)50(71)20-18-28-66-70-39-55(74)68-59(70)77/h21-26,28,33,35,37,41,45,49,56H,12-20,27,29-32,34,36,38-39H2,1-11H3,(H,64,78)(H,65,79)(H,67,75)(H,68,74,77)/b66-28+/t41-,45-,49+,56+/m1/s1. The van der Waals surface area contributed by atoms with Crippen LogP contribution in [0.1, 0.15) is 172 Å². The Kier molecular flexibility index (Phi) is 24.8. The number of ketones is 3. The Labute approximate surface area is 488 Å². The summed E-state index contributed by atoms with van der Waals surface area (Å²) in [5.41, 5.74) is 2.72. The molecule has 7 amide bonds. The van der Waals surface area contributed by atoms with Crippen molar-refractivity contribution in [1.29, 1.82) is 0 Å². The van der Waals surface area contributed by atoms with E-state index in [0.717, 1.165) is 48.2 Å². The first-order valence-electron chi connectivity index (χ1n) is 29.1. The average Bonchev–Trinajstić information content (AvgIpc) is 3.90. The van der Waals surface area contributed by atoms with Gasteiger partial charge in [0, 0.05) is 67.6 Å². The van der Waals surface area contributed by atoms with Crippen molar-refractivity contribution < 1.29 is 62.1 Å². The molecule has 2 aliphatic rings. The van der Waals surface area contributed by atoms with Crippen LogP contribution in [0.4, 0.5) is 14.4 Å². The number of amides is 7. The van der Waals surface area contributed by atoms with E-state index in [1.165, 1.54) is 24.6 Å². The molecular weight excluding hydrogens is 1060 g/mol. The lowest BCUT2D eigenvalue weighted by Crippen LogP contribution is -2.46. The maximum Gasteiger partial charge on any atom is 0.407 e. The van der Waals surface area contributed by atoms with Gasteiger partial charge in [0.15, 0.2) is 17.3 Å². The molecule has 20 nitrogen and oxygen atoms in total. The van der Waals surface area contributed by atoms with Crippen LogP contribution in [0, 0.1) is 18.8 Å². The fraction of sp³-hybridized carbons (Fsp3) is 0.556. The highest BCUT2D eigenvalue weighted by Gasteiger charge is 2.37. The minimum absolute atomic E-state index is 0.00260. The van der Waals surface area contributed by atoms with Crippen molar-refractivity contribution in [2.24, 2.45) is 16.9 Å². The molecule has 0 aliphatic carbocycles. The van der Waals surface area contributed by atoms with Gasteiger partial charge in [0.05, 0.1) is 19.2 Å². The molecule has 3 aromatic carbocycles. The van der Waals surface area contributed by atoms with E-state index in [4.69, 9.17) is 18.9 Å². The molecule has 20 heteroatoms. The van der Waals surface area contributed by atoms with Gasteiger partial charge in [0.1, 0.15) is 41.9 Å². The van der Waals surface area contributed by atoms with Gasteiger partial charge in [0.2, 0.25) is 17.7 Å². The van der Waals surface area contributed by atoms with Gasteiger partial charge in [-0.25, -0.2) is 19.4 Å². The number of unbranched alkanes of at least 4 members (excludes halogenated alkanes) is 4. The van der Waals surface area contributed by atoms with E-state index < -0.39 is 76.8 Å². The van der Waals surface area contributed by atoms with Gasteiger partial charge in [-0.1, -0.05) is 76.8 Å². The topological polar surface area (TPSA) is 258 Å². The molecule has 452 valence electrons. The number of rotatable bonds is 26. The maximum absolute atomic E-state index is 15.3. The molecule has 1 fully saturated rings. The number of carbonyl (C=O) groups is 9. The molecule has 2 heterocycles. The fourth-order valence-corrected chi connectivity index (χ4v) is 9.77. The van der Waals surface area contributed by atoms with Gasteiger partial charge in [0.25, 0.3) is 0 Å². The monoisotopic (exact) mass is 1150 g/mol. The molecule has 0 saturated carbocycles. The lowest BCUT2D eigenvalue weighted by molar-refractivity contribution is -0.142. The first kappa shape index (κ1) is 66.2. The largest absolute Gasteiger partial charge is 0.493 e. The zero-order valence-corrected chi connectivity index (χ0v) is 50.5. The molecule has 1 saturated heterocycles. The van der Waals surface area contributed by atoms with E-state index in [1.807, 2.05) is 26.0 Å². The van der Waals surface area contributed by atoms with Gasteiger partial charge in [-0.3, -0.25) is 34.1 Å². The summed E-state index contributed by atoms with van der Waals surface area (Å²) < 4.78 is 23.7. The Hall–Kier alpha value is -7.64. The predicted octanol–water partition coefficient (Wildman–Crippen LogP) is 9.69. The van der Waals surface area contributed by atoms with Crippen LogP contribution < -0.4 is 30.7 Å². The van der Waals surface area contributed by atoms with Crippen molar-refractivity contribution >= 4 is 59.5 Å². The molecule has 4 N–H and O–H groups in total. The Morgan fingerprint density at radius 1 is 0.795 bits per heavy atom. The molecule has 0 radical (unpaired) electrons. The number of ether oxygens (including phenoxy) is 4. The fourth-order valence-electron chi connectivity index (χ4n) is 9.77. The van der Waals surface area contributed by atoms with Crippen LogP contribution in [0.5, 0.6) is 11.5 Å². The van der Waals surface area contributed by atoms with E-state index in [-0.39, 0.29) is 76.3 Å². The maximum atomic E-state index is 15.3. The minimum Gasteiger partial charge on any atom is -0.493 e. The number of fused-ring (bicyclic) bond motifs is 5. The van der Waals surface area contributed by atoms with Gasteiger partial charge in [-0.2, -0.15) is 5.10 Å². The van der Waals surface area contributed by atoms with Crippen LogP contribution >= 0.6 is 0 Å². The third-order valence-electron chi connectivity index (χ3n) is 13.9. The Morgan fingerprint density at radius 3 is 2.08 bits per heavy atom. The van der Waals surface area contributed by atoms with Crippen molar-refractivity contribution in [3.8, 4) is 22.6 Å². The summed E-state index contributed by atoms with van der Waals surface area (Å²) in [5, 5.41) is 15.4. The van der Waals surface area contributed by atoms with Crippen molar-refractivity contribution in [2.45, 2.75) is 176 Å². The van der Waals surface area contributed by atoms with E-state index in [2.05, 4.69) is 33.3 Å². The summed E-state index contributed by atoms with van der Waals surface area (Å²) in [5.74, 6) is -4.17. The first-order chi connectivity index (χ1) is 39.3. The summed E-state index contributed by atoms with van der Waals surface area (Å²) in [6.07, 6.45) is 6.50. The molecule has 2 aliphatic heterocycles. The molecule has 3 aromatic rings. The zero-order valence-electron chi connectivity index (χ0n) is 50.5. The second kappa shape index (κ2) is 31.1. The molecule has 0 unspecified atom stereocenters. The number of Topliss-reactive ketones (excluding diaryl/α,β-unsaturated/α-hetero) is 3. The second-order valence-electron chi connectivity index (χ2n) is 23.5. The number of hydrogen-bond donors (Lipinski definition) is 4. The highest BCUT2D eigenvalue weighted by atomic mass is 16.6. The SMILES string of the molecule is CCCCCCCc1ccc(C(=O)C[C@@H](CCNC(=O)OC(C)(C)C)C(=O)N(C)[C@@H]2C(=O)C[C@@H](C)C(=O)N[C@H](C(=O)CC/C=N/N3CC(=O)NC3=O)Cc3ccc(OCCNC(=O)OC(C)(C)C)c(c3)-c3cc2ccc3OCCC)c(C)c1. The summed E-state index contributed by atoms with van der Waals surface area (Å²) in [6, 6.07) is 13.0. The number of nitrogens with zero attached hydrogens (tertiary/aromatic N) is 3. The predicted molar refractivity (Wildman–Crippen MR) is 315 cm³/mol. The van der Waals surface area contributed by atoms with Crippen LogP contribution in [-0.4, -0.2) is 127 Å². The smallest absolute Gasteiger partial charge is 0.407 e. The minimum atomic E-state index is -1.34. The van der Waals surface area contributed by atoms with Gasteiger partial charge in [-0.15, -0.1) is 0 Å². The number of imide groups is 1. The number of urea groups is 1. The van der Waals surface area contributed by atoms with Crippen LogP contribution in [0.3, 0.4) is 0 Å². The number of carbonyl (C=O) groups excluding carboxylic acids is 9. The normalized spacial score (nSPS) is 17.0. The zero-order chi connectivity index (χ0) is 61.0. The van der Waals surface area contributed by atoms with Crippen LogP contribution in [-0.2, 0) is 46.3 Å². The summed E-state index contributed by atoms with van der Waals surface area (Å²) >= 11 is 0. The van der Waals surface area contributed by atoms with Gasteiger partial charge >= 0.3 is 18.2 Å². The van der Waals surface area contributed by atoms with Crippen molar-refractivity contribution in [1.82, 2.24) is 31.2 Å². The molecule has 83 heavy (non-hydrogen) atoms. The van der Waals surface area contributed by atoms with E-state index >= 15 is 9.59 Å². The highest BCUT2D eigenvalue weighted by molar-refractivity contribution is 6.02. The molecule has 4 atom stereocenters. The third kappa shape index (κ3) is 20.9. The molecule has 0 spiro atoms. The van der Waals surface area contributed by atoms with Crippen molar-refractivity contribution in [3.63, 3.8) is 0 Å². The van der Waals surface area contributed by atoms with E-state index in [9.17, 15) is 33.6 Å². The van der Waals surface area contributed by atoms with Crippen molar-refractivity contribution in [2.75, 3.05) is 39.9 Å². The number of aryl methyl sites for hydroxylation is 2. The molecule has 5 rings (SSSR count). The lowest BCUT2D eigenvalue weighted by atomic mass is 9.87. The van der Waals surface area contributed by atoms with Crippen LogP contribution in [0.15, 0.2) is 59.7 Å². The second-order valence-corrected chi connectivity index (χ2v) is 23.5. The average molecular weight is 1150 g/mol. The van der Waals surface area contributed by atoms with Crippen LogP contribution in [0.2, 0.25) is 0 Å². The number of alkyl carbamates (subject to hydrolysis) is 2. The van der Waals surface area contributed by atoms with Crippen LogP contribution in [0.25, 0.3) is 11.1 Å². The third-order valence-corrected chi connectivity index (χ3v) is 13.9. The summed E-state index contributed by atoms with van der Waals surface area (Å²) in [6.45, 7) is 18.1. The van der Waals surface area contributed by atoms with Gasteiger partial charge < -0.3 is 39.8 Å². The Morgan fingerprint density at radius 2 is 1.45 bits per heavy atom. The quantitative estimate of drug-likeness (QED) is 0.0253. The number of hydrazone groups is 1. The number of likely N-dealkylation sites (N-methyl/N-ethyl adjacent to an activating group) is 1. The van der Waals surface area contributed by atoms with E-state index in [0.29, 0.717) is 52.3 Å². The number of benzene rings is 3. The highest BCUT2D eigenvalue weighted by Crippen LogP contribution is 2.41. The first-order valence-corrected chi connectivity index (χ1v) is 29.1. The summed E-state index contributed by atoms with van der Waals surface area (Å²) in [4.78, 5) is 124. The Balaban J connectivity index is 1.58. The molecule has 0 aromatic heterocycles. The number of nitrogens with one attached hydrogen (secondary N) is 4. The van der Waals surface area contributed by atoms with Gasteiger partial charge in [-0.05, 0) is 134 Å². The number of hydrogen-bond acceptors (Lipinski definition) is 14. The lowest BCUT2D eigenvalue weighted by Gasteiger charge is -2.32. The van der Waals surface area contributed by atoms with E-state index in [1.54, 1.807) is 90.9 Å².